The van der Waals surface area contributed by atoms with Gasteiger partial charge >= 0.3 is 0 Å². The van der Waals surface area contributed by atoms with Crippen LogP contribution in [0.15, 0.2) is 35.7 Å². The van der Waals surface area contributed by atoms with Crippen molar-refractivity contribution in [3.8, 4) is 11.4 Å². The molecule has 124 valence electrons. The van der Waals surface area contributed by atoms with E-state index in [0.29, 0.717) is 11.6 Å². The third-order valence-corrected chi connectivity index (χ3v) is 5.75. The van der Waals surface area contributed by atoms with Gasteiger partial charge < -0.3 is 5.73 Å². The first-order valence-corrected chi connectivity index (χ1v) is 9.39. The van der Waals surface area contributed by atoms with Crippen LogP contribution in [0.2, 0.25) is 0 Å². The SMILES string of the molecule is CC1CCN(Cc2ccc(-c3nc(N)c4sccc4n3)cc2)CC1. The molecule has 1 aliphatic heterocycles. The Labute approximate surface area is 146 Å². The molecule has 5 heteroatoms. The lowest BCUT2D eigenvalue weighted by Crippen LogP contribution is -2.32. The summed E-state index contributed by atoms with van der Waals surface area (Å²) in [6.45, 7) is 5.79. The summed E-state index contributed by atoms with van der Waals surface area (Å²) < 4.78 is 0.967. The second-order valence-electron chi connectivity index (χ2n) is 6.72. The number of aromatic nitrogens is 2. The maximum atomic E-state index is 6.06. The molecule has 1 fully saturated rings. The van der Waals surface area contributed by atoms with Gasteiger partial charge in [0.1, 0.15) is 5.82 Å². The van der Waals surface area contributed by atoms with E-state index in [9.17, 15) is 0 Å². The number of fused-ring (bicyclic) bond motifs is 1. The van der Waals surface area contributed by atoms with Crippen molar-refractivity contribution in [1.82, 2.24) is 14.9 Å². The quantitative estimate of drug-likeness (QED) is 0.778. The number of piperidine rings is 1. The average molecular weight is 338 g/mol. The minimum Gasteiger partial charge on any atom is -0.382 e. The number of rotatable bonds is 3. The molecule has 4 rings (SSSR count). The van der Waals surface area contributed by atoms with Crippen LogP contribution in [0, 0.1) is 5.92 Å². The van der Waals surface area contributed by atoms with Crippen molar-refractivity contribution in [2.45, 2.75) is 26.3 Å². The normalized spacial score (nSPS) is 16.7. The van der Waals surface area contributed by atoms with E-state index in [1.54, 1.807) is 11.3 Å². The van der Waals surface area contributed by atoms with Gasteiger partial charge in [-0.25, -0.2) is 9.97 Å². The molecule has 4 nitrogen and oxygen atoms in total. The second kappa shape index (κ2) is 6.49. The zero-order chi connectivity index (χ0) is 16.5. The monoisotopic (exact) mass is 338 g/mol. The Kier molecular flexibility index (Phi) is 4.21. The Hall–Kier alpha value is -1.98. The van der Waals surface area contributed by atoms with Crippen LogP contribution < -0.4 is 5.73 Å². The summed E-state index contributed by atoms with van der Waals surface area (Å²) in [5, 5.41) is 2.00. The molecule has 0 bridgehead atoms. The van der Waals surface area contributed by atoms with Gasteiger partial charge in [0.2, 0.25) is 0 Å². The number of thiophene rings is 1. The molecular formula is C19H22N4S. The van der Waals surface area contributed by atoms with E-state index in [1.165, 1.54) is 31.5 Å². The molecule has 0 amide bonds. The summed E-state index contributed by atoms with van der Waals surface area (Å²) in [6.07, 6.45) is 2.62. The molecule has 0 unspecified atom stereocenters. The minimum atomic E-state index is 0.566. The summed E-state index contributed by atoms with van der Waals surface area (Å²) >= 11 is 1.58. The lowest BCUT2D eigenvalue weighted by molar-refractivity contribution is 0.185. The second-order valence-corrected chi connectivity index (χ2v) is 7.64. The van der Waals surface area contributed by atoms with Crippen molar-refractivity contribution in [1.29, 1.82) is 0 Å². The first kappa shape index (κ1) is 15.5. The summed E-state index contributed by atoms with van der Waals surface area (Å²) in [5.41, 5.74) is 9.35. The lowest BCUT2D eigenvalue weighted by Gasteiger charge is -2.30. The molecule has 1 saturated heterocycles. The van der Waals surface area contributed by atoms with E-state index in [4.69, 9.17) is 5.73 Å². The molecule has 0 atom stereocenters. The topological polar surface area (TPSA) is 55.0 Å². The molecule has 3 heterocycles. The molecule has 0 radical (unpaired) electrons. The standard InChI is InChI=1S/C19H22N4S/c1-13-6-9-23(10-7-13)12-14-2-4-15(5-3-14)19-21-16-8-11-24-17(16)18(20)22-19/h2-5,8,11,13H,6-7,9-10,12H2,1H3,(H2,20,21,22). The molecule has 24 heavy (non-hydrogen) atoms. The van der Waals surface area contributed by atoms with Gasteiger partial charge in [0.25, 0.3) is 0 Å². The van der Waals surface area contributed by atoms with Gasteiger partial charge in [-0.2, -0.15) is 0 Å². The molecule has 1 aliphatic rings. The van der Waals surface area contributed by atoms with Crippen LogP contribution in [0.3, 0.4) is 0 Å². The Morgan fingerprint density at radius 3 is 2.62 bits per heavy atom. The van der Waals surface area contributed by atoms with E-state index in [2.05, 4.69) is 46.1 Å². The van der Waals surface area contributed by atoms with E-state index < -0.39 is 0 Å². The molecule has 1 aromatic carbocycles. The fraction of sp³-hybridized carbons (Fsp3) is 0.368. The van der Waals surface area contributed by atoms with Crippen LogP contribution in [-0.4, -0.2) is 28.0 Å². The highest BCUT2D eigenvalue weighted by molar-refractivity contribution is 7.17. The predicted octanol–water partition coefficient (Wildman–Crippen LogP) is 4.17. The number of hydrogen-bond donors (Lipinski definition) is 1. The molecular weight excluding hydrogens is 316 g/mol. The fourth-order valence-electron chi connectivity index (χ4n) is 3.25. The lowest BCUT2D eigenvalue weighted by atomic mass is 9.99. The molecule has 2 N–H and O–H groups in total. The van der Waals surface area contributed by atoms with Crippen LogP contribution in [0.25, 0.3) is 21.6 Å². The number of hydrogen-bond acceptors (Lipinski definition) is 5. The molecule has 0 aliphatic carbocycles. The summed E-state index contributed by atoms with van der Waals surface area (Å²) in [4.78, 5) is 11.6. The van der Waals surface area contributed by atoms with E-state index >= 15 is 0 Å². The third kappa shape index (κ3) is 3.14. The van der Waals surface area contributed by atoms with Crippen LogP contribution in [0.5, 0.6) is 0 Å². The van der Waals surface area contributed by atoms with Gasteiger partial charge in [-0.1, -0.05) is 31.2 Å². The smallest absolute Gasteiger partial charge is 0.162 e. The van der Waals surface area contributed by atoms with Crippen molar-refractivity contribution >= 4 is 27.4 Å². The summed E-state index contributed by atoms with van der Waals surface area (Å²) in [7, 11) is 0. The van der Waals surface area contributed by atoms with Gasteiger partial charge in [0, 0.05) is 12.1 Å². The van der Waals surface area contributed by atoms with Crippen LogP contribution in [0.1, 0.15) is 25.3 Å². The number of anilines is 1. The Morgan fingerprint density at radius 1 is 1.12 bits per heavy atom. The zero-order valence-corrected chi connectivity index (χ0v) is 14.7. The summed E-state index contributed by atoms with van der Waals surface area (Å²) in [6, 6.07) is 10.6. The number of nitrogens with two attached hydrogens (primary N) is 1. The molecule has 0 saturated carbocycles. The number of benzene rings is 1. The van der Waals surface area contributed by atoms with E-state index in [0.717, 1.165) is 28.2 Å². The highest BCUT2D eigenvalue weighted by atomic mass is 32.1. The van der Waals surface area contributed by atoms with Gasteiger partial charge in [-0.05, 0) is 48.9 Å². The van der Waals surface area contributed by atoms with Gasteiger partial charge in [0.15, 0.2) is 5.82 Å². The van der Waals surface area contributed by atoms with Crippen molar-refractivity contribution in [3.05, 3.63) is 41.3 Å². The third-order valence-electron chi connectivity index (χ3n) is 4.82. The van der Waals surface area contributed by atoms with Crippen LogP contribution >= 0.6 is 11.3 Å². The Morgan fingerprint density at radius 2 is 1.88 bits per heavy atom. The summed E-state index contributed by atoms with van der Waals surface area (Å²) in [5.74, 6) is 2.14. The zero-order valence-electron chi connectivity index (χ0n) is 13.9. The number of likely N-dealkylation sites (tertiary alicyclic amines) is 1. The number of nitrogen functional groups attached to an aromatic ring is 1. The van der Waals surface area contributed by atoms with Gasteiger partial charge in [0.05, 0.1) is 10.2 Å². The van der Waals surface area contributed by atoms with Gasteiger partial charge in [-0.3, -0.25) is 4.90 Å². The van der Waals surface area contributed by atoms with Crippen molar-refractivity contribution in [2.75, 3.05) is 18.8 Å². The maximum Gasteiger partial charge on any atom is 0.162 e. The van der Waals surface area contributed by atoms with E-state index in [1.807, 2.05) is 11.4 Å². The first-order valence-electron chi connectivity index (χ1n) is 8.51. The van der Waals surface area contributed by atoms with Crippen molar-refractivity contribution in [2.24, 2.45) is 5.92 Å². The predicted molar refractivity (Wildman–Crippen MR) is 101 cm³/mol. The Bertz CT molecular complexity index is 832. The minimum absolute atomic E-state index is 0.566. The molecule has 2 aromatic heterocycles. The largest absolute Gasteiger partial charge is 0.382 e. The Balaban J connectivity index is 1.52. The van der Waals surface area contributed by atoms with Crippen LogP contribution in [0.4, 0.5) is 5.82 Å². The highest BCUT2D eigenvalue weighted by Gasteiger charge is 2.15. The first-order chi connectivity index (χ1) is 11.7. The molecule has 3 aromatic rings. The number of nitrogens with zero attached hydrogens (tertiary/aromatic N) is 3. The molecule has 0 spiro atoms. The maximum absolute atomic E-state index is 6.06. The van der Waals surface area contributed by atoms with Gasteiger partial charge in [-0.15, -0.1) is 11.3 Å². The van der Waals surface area contributed by atoms with Crippen molar-refractivity contribution in [3.63, 3.8) is 0 Å². The van der Waals surface area contributed by atoms with Crippen molar-refractivity contribution < 1.29 is 0 Å². The van der Waals surface area contributed by atoms with Crippen LogP contribution in [-0.2, 0) is 6.54 Å². The average Bonchev–Trinajstić information content (AvgIpc) is 3.07. The fourth-order valence-corrected chi connectivity index (χ4v) is 3.99. The van der Waals surface area contributed by atoms with E-state index in [-0.39, 0.29) is 0 Å². The highest BCUT2D eigenvalue weighted by Crippen LogP contribution is 2.27.